The van der Waals surface area contributed by atoms with Crippen LogP contribution in [0.2, 0.25) is 0 Å². The van der Waals surface area contributed by atoms with Crippen LogP contribution in [-0.2, 0) is 4.74 Å². The lowest BCUT2D eigenvalue weighted by Crippen LogP contribution is -2.21. The first kappa shape index (κ1) is 14.4. The molecule has 1 aromatic heterocycles. The highest BCUT2D eigenvalue weighted by Crippen LogP contribution is 2.06. The van der Waals surface area contributed by atoms with Gasteiger partial charge in [-0.25, -0.2) is 14.8 Å². The minimum Gasteiger partial charge on any atom is -0.464 e. The lowest BCUT2D eigenvalue weighted by atomic mass is 10.1. The number of esters is 1. The summed E-state index contributed by atoms with van der Waals surface area (Å²) >= 11 is 0. The van der Waals surface area contributed by atoms with E-state index in [1.807, 2.05) is 13.8 Å². The van der Waals surface area contributed by atoms with E-state index in [0.717, 1.165) is 6.42 Å². The van der Waals surface area contributed by atoms with Crippen LogP contribution >= 0.6 is 0 Å². The lowest BCUT2D eigenvalue weighted by molar-refractivity contribution is 0.0593. The second kappa shape index (κ2) is 6.90. The third kappa shape index (κ3) is 4.67. The van der Waals surface area contributed by atoms with Crippen molar-refractivity contribution in [2.24, 2.45) is 5.92 Å². The minimum absolute atomic E-state index is 0.158. The average Bonchev–Trinajstić information content (AvgIpc) is 2.35. The molecule has 1 atom stereocenters. The molecule has 100 valence electrons. The van der Waals surface area contributed by atoms with Gasteiger partial charge in [-0.15, -0.1) is 0 Å². The molecular weight excluding hydrogens is 234 g/mol. The van der Waals surface area contributed by atoms with E-state index in [0.29, 0.717) is 18.3 Å². The molecule has 6 heteroatoms. The topological polar surface area (TPSA) is 84.3 Å². The zero-order valence-electron chi connectivity index (χ0n) is 10.9. The van der Waals surface area contributed by atoms with Crippen LogP contribution < -0.4 is 5.32 Å². The molecule has 2 N–H and O–H groups in total. The number of aliphatic hydroxyl groups excluding tert-OH is 1. The Morgan fingerprint density at radius 1 is 1.44 bits per heavy atom. The van der Waals surface area contributed by atoms with Gasteiger partial charge in [-0.2, -0.15) is 0 Å². The summed E-state index contributed by atoms with van der Waals surface area (Å²) < 4.78 is 4.52. The summed E-state index contributed by atoms with van der Waals surface area (Å²) in [5.41, 5.74) is 0.158. The molecule has 0 aliphatic heterocycles. The van der Waals surface area contributed by atoms with E-state index >= 15 is 0 Å². The van der Waals surface area contributed by atoms with E-state index in [1.54, 1.807) is 0 Å². The van der Waals surface area contributed by atoms with Crippen LogP contribution in [0.3, 0.4) is 0 Å². The standard InChI is InChI=1S/C12H19N3O3/c1-8(2)4-9(16)5-14-11-7-13-10(6-15-11)12(17)18-3/h6-9,16H,4-5H2,1-3H3,(H,14,15). The van der Waals surface area contributed by atoms with E-state index in [1.165, 1.54) is 19.5 Å². The van der Waals surface area contributed by atoms with Gasteiger partial charge in [0.2, 0.25) is 0 Å². The molecule has 1 aromatic rings. The van der Waals surface area contributed by atoms with Gasteiger partial charge in [-0.05, 0) is 12.3 Å². The third-order valence-electron chi connectivity index (χ3n) is 2.31. The van der Waals surface area contributed by atoms with Gasteiger partial charge in [0.25, 0.3) is 0 Å². The van der Waals surface area contributed by atoms with E-state index in [2.05, 4.69) is 20.0 Å². The van der Waals surface area contributed by atoms with E-state index < -0.39 is 12.1 Å². The molecule has 1 heterocycles. The van der Waals surface area contributed by atoms with Gasteiger partial charge < -0.3 is 15.2 Å². The molecule has 0 aliphatic carbocycles. The van der Waals surface area contributed by atoms with E-state index in [4.69, 9.17) is 0 Å². The summed E-state index contributed by atoms with van der Waals surface area (Å²) in [5, 5.41) is 12.6. The predicted octanol–water partition coefficient (Wildman–Crippen LogP) is 1.08. The number of ether oxygens (including phenoxy) is 1. The van der Waals surface area contributed by atoms with Crippen LogP contribution in [0.15, 0.2) is 12.4 Å². The quantitative estimate of drug-likeness (QED) is 0.738. The lowest BCUT2D eigenvalue weighted by Gasteiger charge is -2.13. The smallest absolute Gasteiger partial charge is 0.358 e. The maximum atomic E-state index is 11.1. The van der Waals surface area contributed by atoms with Gasteiger partial charge in [0.1, 0.15) is 5.82 Å². The number of carbonyl (C=O) groups is 1. The number of methoxy groups -OCH3 is 1. The van der Waals surface area contributed by atoms with Crippen molar-refractivity contribution in [3.05, 3.63) is 18.1 Å². The van der Waals surface area contributed by atoms with Crippen molar-refractivity contribution < 1.29 is 14.6 Å². The Morgan fingerprint density at radius 2 is 2.17 bits per heavy atom. The first-order valence-electron chi connectivity index (χ1n) is 5.85. The number of carbonyl (C=O) groups excluding carboxylic acids is 1. The van der Waals surface area contributed by atoms with Gasteiger partial charge >= 0.3 is 5.97 Å². The van der Waals surface area contributed by atoms with Gasteiger partial charge in [0.15, 0.2) is 5.69 Å². The summed E-state index contributed by atoms with van der Waals surface area (Å²) in [7, 11) is 1.29. The highest BCUT2D eigenvalue weighted by Gasteiger charge is 2.09. The minimum atomic E-state index is -0.520. The number of hydrogen-bond donors (Lipinski definition) is 2. The number of anilines is 1. The number of aromatic nitrogens is 2. The van der Waals surface area contributed by atoms with Crippen LogP contribution in [0.25, 0.3) is 0 Å². The highest BCUT2D eigenvalue weighted by atomic mass is 16.5. The van der Waals surface area contributed by atoms with Crippen molar-refractivity contribution in [2.75, 3.05) is 19.0 Å². The van der Waals surface area contributed by atoms with Crippen molar-refractivity contribution in [2.45, 2.75) is 26.4 Å². The van der Waals surface area contributed by atoms with Crippen LogP contribution in [0.5, 0.6) is 0 Å². The summed E-state index contributed by atoms with van der Waals surface area (Å²) in [6.07, 6.45) is 3.07. The monoisotopic (exact) mass is 253 g/mol. The Balaban J connectivity index is 2.46. The largest absolute Gasteiger partial charge is 0.464 e. The molecule has 0 radical (unpaired) electrons. The molecule has 18 heavy (non-hydrogen) atoms. The van der Waals surface area contributed by atoms with Crippen molar-refractivity contribution in [1.82, 2.24) is 9.97 Å². The molecule has 0 spiro atoms. The second-order valence-electron chi connectivity index (χ2n) is 4.44. The van der Waals surface area contributed by atoms with Crippen LogP contribution in [-0.4, -0.2) is 40.8 Å². The molecule has 1 rings (SSSR count). The van der Waals surface area contributed by atoms with Crippen molar-refractivity contribution in [1.29, 1.82) is 0 Å². The average molecular weight is 253 g/mol. The van der Waals surface area contributed by atoms with Gasteiger partial charge in [-0.1, -0.05) is 13.8 Å². The van der Waals surface area contributed by atoms with Crippen LogP contribution in [0, 0.1) is 5.92 Å². The van der Waals surface area contributed by atoms with Gasteiger partial charge in [0.05, 0.1) is 25.6 Å². The fraction of sp³-hybridized carbons (Fsp3) is 0.583. The molecule has 0 aromatic carbocycles. The first-order valence-corrected chi connectivity index (χ1v) is 5.85. The Kier molecular flexibility index (Phi) is 5.51. The Labute approximate surface area is 106 Å². The second-order valence-corrected chi connectivity index (χ2v) is 4.44. The van der Waals surface area contributed by atoms with Crippen LogP contribution in [0.1, 0.15) is 30.8 Å². The Hall–Kier alpha value is -1.69. The number of rotatable bonds is 6. The molecule has 1 unspecified atom stereocenters. The molecule has 0 aliphatic rings. The molecule has 0 amide bonds. The maximum absolute atomic E-state index is 11.1. The van der Waals surface area contributed by atoms with Gasteiger partial charge in [-0.3, -0.25) is 0 Å². The Bertz CT molecular complexity index is 379. The molecule has 0 bridgehead atoms. The fourth-order valence-electron chi connectivity index (χ4n) is 1.48. The zero-order chi connectivity index (χ0) is 13.5. The molecular formula is C12H19N3O3. The predicted molar refractivity (Wildman–Crippen MR) is 67.3 cm³/mol. The summed E-state index contributed by atoms with van der Waals surface area (Å²) in [6.45, 7) is 4.51. The molecule has 0 saturated heterocycles. The summed E-state index contributed by atoms with van der Waals surface area (Å²) in [4.78, 5) is 19.0. The number of aliphatic hydroxyl groups is 1. The summed E-state index contributed by atoms with van der Waals surface area (Å²) in [5.74, 6) is 0.439. The zero-order valence-corrected chi connectivity index (χ0v) is 10.9. The fourth-order valence-corrected chi connectivity index (χ4v) is 1.48. The normalized spacial score (nSPS) is 12.3. The molecule has 0 fully saturated rings. The number of hydrogen-bond acceptors (Lipinski definition) is 6. The number of nitrogens with zero attached hydrogens (tertiary/aromatic N) is 2. The first-order chi connectivity index (χ1) is 8.52. The van der Waals surface area contributed by atoms with Crippen molar-refractivity contribution >= 4 is 11.8 Å². The SMILES string of the molecule is COC(=O)c1cnc(NCC(O)CC(C)C)cn1. The van der Waals surface area contributed by atoms with Crippen LogP contribution in [0.4, 0.5) is 5.82 Å². The highest BCUT2D eigenvalue weighted by molar-refractivity contribution is 5.86. The third-order valence-corrected chi connectivity index (χ3v) is 2.31. The van der Waals surface area contributed by atoms with E-state index in [-0.39, 0.29) is 5.69 Å². The van der Waals surface area contributed by atoms with E-state index in [9.17, 15) is 9.90 Å². The van der Waals surface area contributed by atoms with Gasteiger partial charge in [0, 0.05) is 6.54 Å². The number of nitrogens with one attached hydrogen (secondary N) is 1. The van der Waals surface area contributed by atoms with Crippen molar-refractivity contribution in [3.63, 3.8) is 0 Å². The maximum Gasteiger partial charge on any atom is 0.358 e. The molecule has 6 nitrogen and oxygen atoms in total. The molecule has 0 saturated carbocycles. The summed E-state index contributed by atoms with van der Waals surface area (Å²) in [6, 6.07) is 0. The Morgan fingerprint density at radius 3 is 2.67 bits per heavy atom. The van der Waals surface area contributed by atoms with Crippen molar-refractivity contribution in [3.8, 4) is 0 Å².